The van der Waals surface area contributed by atoms with Gasteiger partial charge >= 0.3 is 51.3 Å². The molecule has 0 N–H and O–H groups in total. The second kappa shape index (κ2) is 25.6. The van der Waals surface area contributed by atoms with Crippen molar-refractivity contribution < 1.29 is 65.4 Å². The van der Waals surface area contributed by atoms with E-state index in [2.05, 4.69) is 99.0 Å². The third-order valence-corrected chi connectivity index (χ3v) is 9.09. The van der Waals surface area contributed by atoms with Crippen LogP contribution in [0.2, 0.25) is 0 Å². The van der Waals surface area contributed by atoms with E-state index in [-0.39, 0.29) is 38.0 Å². The van der Waals surface area contributed by atoms with Gasteiger partial charge in [-0.25, -0.2) is 12.1 Å². The number of hydrogen-bond donors (Lipinski definition) is 0. The monoisotopic (exact) mass is 863 g/mol. The number of rotatable bonds is 13. The van der Waals surface area contributed by atoms with Gasteiger partial charge in [0.1, 0.15) is 0 Å². The van der Waals surface area contributed by atoms with Crippen molar-refractivity contribution in [3.8, 4) is 0 Å². The van der Waals surface area contributed by atoms with Gasteiger partial charge in [-0.2, -0.15) is 51.6 Å². The Morgan fingerprint density at radius 3 is 0.739 bits per heavy atom. The Kier molecular flexibility index (Phi) is 29.3. The molecule has 0 atom stereocenters. The van der Waals surface area contributed by atoms with Crippen LogP contribution in [0.1, 0.15) is 83.1 Å². The number of hydrogen-bond acceptors (Lipinski definition) is 0. The van der Waals surface area contributed by atoms with Crippen molar-refractivity contribution in [3.05, 3.63) is 40.2 Å². The molecule has 0 unspecified atom stereocenters. The Labute approximate surface area is 293 Å². The minimum Gasteiger partial charge on any atom is -0.662 e. The summed E-state index contributed by atoms with van der Waals surface area (Å²) in [5, 5.41) is 11.4. The third kappa shape index (κ3) is 23.9. The molecular formula is C32H58F9HfN3Si. The van der Waals surface area contributed by atoms with E-state index in [1.807, 2.05) is 0 Å². The van der Waals surface area contributed by atoms with Gasteiger partial charge < -0.3 is 16.0 Å². The molecule has 0 saturated carbocycles. The molecule has 0 aliphatic carbocycles. The molecule has 0 radical (unpaired) electrons. The third-order valence-electron chi connectivity index (χ3n) is 5.34. The molecule has 0 aromatic heterocycles. The largest absolute Gasteiger partial charge is 4.00 e. The zero-order valence-corrected chi connectivity index (χ0v) is 34.4. The van der Waals surface area contributed by atoms with E-state index in [1.165, 1.54) is 0 Å². The van der Waals surface area contributed by atoms with E-state index in [0.29, 0.717) is 12.1 Å². The van der Waals surface area contributed by atoms with Gasteiger partial charge in [0, 0.05) is 0 Å². The zero-order valence-electron chi connectivity index (χ0n) is 29.8. The molecule has 0 fully saturated rings. The SMILES string of the molecule is CC(C)C[N-]CC(C)C.CC(C)C[N-]CC(C)C.CC(C)C[N-]CC(C)C.FC(F)(F)[Si]([c-]1cccc1)(C(F)(F)F)C(F)(F)F.[Hf+4]. The normalized spacial score (nSPS) is 12.5. The van der Waals surface area contributed by atoms with Crippen molar-refractivity contribution in [1.82, 2.24) is 0 Å². The van der Waals surface area contributed by atoms with Crippen molar-refractivity contribution in [2.45, 2.75) is 100 Å². The Balaban J connectivity index is -0.000000271. The molecular weight excluding hydrogens is 804 g/mol. The van der Waals surface area contributed by atoms with Crippen LogP contribution in [0, 0.1) is 35.5 Å². The van der Waals surface area contributed by atoms with Gasteiger partial charge in [0.15, 0.2) is 0 Å². The smallest absolute Gasteiger partial charge is 0.662 e. The van der Waals surface area contributed by atoms with Gasteiger partial charge in [-0.1, -0.05) is 119 Å². The van der Waals surface area contributed by atoms with E-state index >= 15 is 0 Å². The fourth-order valence-corrected chi connectivity index (χ4v) is 6.01. The molecule has 272 valence electrons. The molecule has 0 aliphatic rings. The van der Waals surface area contributed by atoms with Crippen LogP contribution in [0.15, 0.2) is 24.3 Å². The number of alkyl halides is 9. The minimum atomic E-state index is -7.72. The van der Waals surface area contributed by atoms with Crippen LogP contribution in [-0.4, -0.2) is 64.7 Å². The average Bonchev–Trinajstić information content (AvgIpc) is 3.30. The van der Waals surface area contributed by atoms with E-state index in [4.69, 9.17) is 0 Å². The first-order chi connectivity index (χ1) is 20.2. The summed E-state index contributed by atoms with van der Waals surface area (Å²) in [7, 11) is -7.72. The van der Waals surface area contributed by atoms with E-state index < -0.39 is 30.7 Å². The quantitative estimate of drug-likeness (QED) is 0.108. The summed E-state index contributed by atoms with van der Waals surface area (Å²) in [6.45, 7) is 32.5. The first-order valence-electron chi connectivity index (χ1n) is 15.6. The van der Waals surface area contributed by atoms with Crippen LogP contribution in [0.5, 0.6) is 0 Å². The van der Waals surface area contributed by atoms with Crippen LogP contribution >= 0.6 is 0 Å². The van der Waals surface area contributed by atoms with E-state index in [0.717, 1.165) is 74.8 Å². The first-order valence-corrected chi connectivity index (χ1v) is 17.6. The average molecular weight is 862 g/mol. The topological polar surface area (TPSA) is 42.3 Å². The Bertz CT molecular complexity index is 704. The molecule has 0 bridgehead atoms. The standard InChI is InChI=1S/C8H4F9Si.3C8H18N.Hf/c9-6(10,11)18(7(12,13)14,8(15,16)17)5-3-1-2-4-5;3*1-7(2)5-9-6-8(3)4;/h1-4H;3*7-8H,5-6H2,1-4H3;/q4*-1;+4. The predicted molar refractivity (Wildman–Crippen MR) is 174 cm³/mol. The van der Waals surface area contributed by atoms with Crippen LogP contribution in [0.3, 0.4) is 0 Å². The molecule has 1 rings (SSSR count). The second-order valence-corrected chi connectivity index (χ2v) is 17.3. The van der Waals surface area contributed by atoms with Crippen molar-refractivity contribution in [3.63, 3.8) is 0 Å². The van der Waals surface area contributed by atoms with Crippen LogP contribution in [0.4, 0.5) is 39.5 Å². The molecule has 0 amide bonds. The van der Waals surface area contributed by atoms with Crippen LogP contribution < -0.4 is 5.19 Å². The minimum absolute atomic E-state index is 0. The molecule has 0 heterocycles. The molecule has 0 aliphatic heterocycles. The Morgan fingerprint density at radius 2 is 0.609 bits per heavy atom. The number of nitrogens with zero attached hydrogens (tertiary/aromatic N) is 3. The summed E-state index contributed by atoms with van der Waals surface area (Å²) in [5.41, 5.74) is 0. The van der Waals surface area contributed by atoms with Gasteiger partial charge in [-0.15, -0.1) is 44.5 Å². The van der Waals surface area contributed by atoms with Gasteiger partial charge in [0.05, 0.1) is 0 Å². The Morgan fingerprint density at radius 1 is 0.435 bits per heavy atom. The molecule has 3 nitrogen and oxygen atoms in total. The van der Waals surface area contributed by atoms with Gasteiger partial charge in [0.2, 0.25) is 0 Å². The summed E-state index contributed by atoms with van der Waals surface area (Å²) in [4.78, 5) is 0. The molecule has 0 spiro atoms. The van der Waals surface area contributed by atoms with Crippen molar-refractivity contribution in [1.29, 1.82) is 0 Å². The summed E-state index contributed by atoms with van der Waals surface area (Å²) < 4.78 is 113. The van der Waals surface area contributed by atoms with Crippen molar-refractivity contribution in [2.24, 2.45) is 35.5 Å². The van der Waals surface area contributed by atoms with Gasteiger partial charge in [-0.05, 0) is 0 Å². The zero-order chi connectivity index (χ0) is 36.2. The van der Waals surface area contributed by atoms with Crippen LogP contribution in [0.25, 0.3) is 16.0 Å². The second-order valence-electron chi connectivity index (χ2n) is 13.5. The molecule has 1 aromatic carbocycles. The molecule has 0 saturated heterocycles. The maximum Gasteiger partial charge on any atom is 4.00 e. The predicted octanol–water partition coefficient (Wildman–Crippen LogP) is 11.4. The van der Waals surface area contributed by atoms with Crippen LogP contribution in [-0.2, 0) is 25.8 Å². The number of halogens is 9. The summed E-state index contributed by atoms with van der Waals surface area (Å²) in [6, 6.07) is 1.84. The maximum atomic E-state index is 12.6. The summed E-state index contributed by atoms with van der Waals surface area (Å²) in [5.74, 6) is -14.9. The van der Waals surface area contributed by atoms with Crippen molar-refractivity contribution in [2.75, 3.05) is 39.3 Å². The fraction of sp³-hybridized carbons (Fsp3) is 0.844. The Hall–Kier alpha value is -0.313. The fourth-order valence-electron chi connectivity index (χ4n) is 3.37. The molecule has 46 heavy (non-hydrogen) atoms. The van der Waals surface area contributed by atoms with Crippen molar-refractivity contribution >= 4 is 13.3 Å². The maximum absolute atomic E-state index is 12.6. The van der Waals surface area contributed by atoms with E-state index in [9.17, 15) is 39.5 Å². The summed E-state index contributed by atoms with van der Waals surface area (Å²) >= 11 is 0. The van der Waals surface area contributed by atoms with E-state index in [1.54, 1.807) is 0 Å². The van der Waals surface area contributed by atoms with Gasteiger partial charge in [0.25, 0.3) is 0 Å². The molecule has 1 aromatic rings. The first kappa shape index (κ1) is 52.5. The molecule has 14 heteroatoms. The van der Waals surface area contributed by atoms with Gasteiger partial charge in [-0.3, -0.25) is 0 Å². The summed E-state index contributed by atoms with van der Waals surface area (Å²) in [6.07, 6.45) is 0.